The van der Waals surface area contributed by atoms with Crippen LogP contribution in [0.2, 0.25) is 0 Å². The first-order valence-electron chi connectivity index (χ1n) is 7.06. The number of hydrogen-bond acceptors (Lipinski definition) is 6. The fourth-order valence-corrected chi connectivity index (χ4v) is 3.79. The summed E-state index contributed by atoms with van der Waals surface area (Å²) in [5.74, 6) is 1.08. The molecule has 0 radical (unpaired) electrons. The molecule has 1 saturated heterocycles. The number of fused-ring (bicyclic) bond motifs is 1. The number of likely N-dealkylation sites (tertiary alicyclic amines) is 1. The maximum absolute atomic E-state index is 11.4. The molecule has 21 heavy (non-hydrogen) atoms. The minimum Gasteiger partial charge on any atom is -0.358 e. The van der Waals surface area contributed by atoms with E-state index in [1.165, 1.54) is 24.2 Å². The van der Waals surface area contributed by atoms with Gasteiger partial charge in [0.15, 0.2) is 0 Å². The Balaban J connectivity index is 1.83. The number of aromatic nitrogens is 2. The monoisotopic (exact) mass is 309 g/mol. The highest BCUT2D eigenvalue weighted by molar-refractivity contribution is 7.15. The Labute approximate surface area is 126 Å². The summed E-state index contributed by atoms with van der Waals surface area (Å²) in [4.78, 5) is 20.4. The lowest BCUT2D eigenvalue weighted by molar-refractivity contribution is -0.389. The molecule has 0 N–H and O–H groups in total. The third-order valence-corrected chi connectivity index (χ3v) is 4.76. The van der Waals surface area contributed by atoms with Crippen molar-refractivity contribution in [3.8, 4) is 0 Å². The fourth-order valence-electron chi connectivity index (χ4n) is 3.08. The van der Waals surface area contributed by atoms with Crippen molar-refractivity contribution in [2.45, 2.75) is 12.8 Å². The number of hydrogen-bond donors (Lipinski definition) is 0. The molecule has 7 nitrogen and oxygen atoms in total. The molecule has 0 amide bonds. The molecule has 0 saturated carbocycles. The lowest BCUT2D eigenvalue weighted by atomic mass is 9.98. The Morgan fingerprint density at radius 3 is 3.14 bits per heavy atom. The van der Waals surface area contributed by atoms with Crippen molar-refractivity contribution < 1.29 is 4.92 Å². The van der Waals surface area contributed by atoms with Gasteiger partial charge in [0.2, 0.25) is 5.82 Å². The molecule has 1 aliphatic heterocycles. The summed E-state index contributed by atoms with van der Waals surface area (Å²) in [5.41, 5.74) is 0. The first kappa shape index (κ1) is 14.3. The molecule has 1 atom stereocenters. The van der Waals surface area contributed by atoms with Crippen LogP contribution in [0, 0.1) is 16.0 Å². The van der Waals surface area contributed by atoms with Crippen LogP contribution >= 0.6 is 11.3 Å². The predicted molar refractivity (Wildman–Crippen MR) is 83.2 cm³/mol. The van der Waals surface area contributed by atoms with Gasteiger partial charge in [0.1, 0.15) is 6.20 Å². The first-order valence-corrected chi connectivity index (χ1v) is 7.94. The van der Waals surface area contributed by atoms with Crippen LogP contribution in [0.3, 0.4) is 0 Å². The molecule has 2 aromatic heterocycles. The van der Waals surface area contributed by atoms with Gasteiger partial charge in [-0.05, 0) is 37.3 Å². The SMILES string of the molecule is CN1CCCC(CN(C)c2nc3sccn3c2[N+](=O)[O-])C1. The molecule has 1 aliphatic rings. The molecule has 3 heterocycles. The van der Waals surface area contributed by atoms with Crippen molar-refractivity contribution >= 4 is 27.9 Å². The summed E-state index contributed by atoms with van der Waals surface area (Å²) in [7, 11) is 4.02. The van der Waals surface area contributed by atoms with Crippen LogP contribution in [-0.4, -0.2) is 52.9 Å². The highest BCUT2D eigenvalue weighted by Gasteiger charge is 2.28. The van der Waals surface area contributed by atoms with Crippen molar-refractivity contribution in [2.24, 2.45) is 5.92 Å². The number of imidazole rings is 1. The van der Waals surface area contributed by atoms with Crippen molar-refractivity contribution in [3.05, 3.63) is 21.7 Å². The van der Waals surface area contributed by atoms with Gasteiger partial charge in [-0.25, -0.2) is 0 Å². The summed E-state index contributed by atoms with van der Waals surface area (Å²) in [6.07, 6.45) is 4.07. The average molecular weight is 309 g/mol. The number of nitro groups is 1. The molecule has 0 aromatic carbocycles. The van der Waals surface area contributed by atoms with E-state index in [1.54, 1.807) is 10.6 Å². The van der Waals surface area contributed by atoms with Gasteiger partial charge in [-0.2, -0.15) is 9.38 Å². The highest BCUT2D eigenvalue weighted by Crippen LogP contribution is 2.31. The van der Waals surface area contributed by atoms with Gasteiger partial charge < -0.3 is 19.9 Å². The normalized spacial score (nSPS) is 20.0. The standard InChI is InChI=1S/C13H19N5O2S/c1-15-5-3-4-10(8-15)9-16(2)11-12(18(19)20)17-6-7-21-13(17)14-11/h6-7,10H,3-5,8-9H2,1-2H3. The van der Waals surface area contributed by atoms with E-state index in [1.807, 2.05) is 17.3 Å². The topological polar surface area (TPSA) is 66.9 Å². The Kier molecular flexibility index (Phi) is 3.81. The molecule has 2 aromatic rings. The summed E-state index contributed by atoms with van der Waals surface area (Å²) in [6, 6.07) is 0. The predicted octanol–water partition coefficient (Wildman–Crippen LogP) is 2.08. The van der Waals surface area contributed by atoms with Crippen LogP contribution in [0.5, 0.6) is 0 Å². The summed E-state index contributed by atoms with van der Waals surface area (Å²) in [6.45, 7) is 2.98. The van der Waals surface area contributed by atoms with Gasteiger partial charge in [0.05, 0.1) is 0 Å². The van der Waals surface area contributed by atoms with Crippen LogP contribution in [0.15, 0.2) is 11.6 Å². The molecule has 1 unspecified atom stereocenters. The van der Waals surface area contributed by atoms with Crippen LogP contribution in [-0.2, 0) is 0 Å². The van der Waals surface area contributed by atoms with Crippen LogP contribution < -0.4 is 4.90 Å². The Bertz CT molecular complexity index is 652. The lowest BCUT2D eigenvalue weighted by Gasteiger charge is -2.32. The van der Waals surface area contributed by atoms with E-state index < -0.39 is 0 Å². The third-order valence-electron chi connectivity index (χ3n) is 4.01. The minimum absolute atomic E-state index is 0.0675. The molecule has 0 bridgehead atoms. The minimum atomic E-state index is -0.342. The lowest BCUT2D eigenvalue weighted by Crippen LogP contribution is -2.38. The van der Waals surface area contributed by atoms with E-state index in [0.29, 0.717) is 16.7 Å². The van der Waals surface area contributed by atoms with Gasteiger partial charge in [0, 0.05) is 25.5 Å². The average Bonchev–Trinajstić information content (AvgIpc) is 2.97. The van der Waals surface area contributed by atoms with Gasteiger partial charge in [0.25, 0.3) is 4.96 Å². The van der Waals surface area contributed by atoms with Crippen molar-refractivity contribution in [1.29, 1.82) is 0 Å². The van der Waals surface area contributed by atoms with Gasteiger partial charge in [-0.1, -0.05) is 11.3 Å². The number of thiazole rings is 1. The number of rotatable bonds is 4. The maximum Gasteiger partial charge on any atom is 0.373 e. The Hall–Kier alpha value is -1.67. The second-order valence-electron chi connectivity index (χ2n) is 5.72. The zero-order valence-electron chi connectivity index (χ0n) is 12.2. The van der Waals surface area contributed by atoms with E-state index in [0.717, 1.165) is 19.6 Å². The van der Waals surface area contributed by atoms with E-state index in [-0.39, 0.29) is 10.7 Å². The zero-order valence-corrected chi connectivity index (χ0v) is 13.0. The molecule has 8 heteroatoms. The molecular weight excluding hydrogens is 290 g/mol. The quantitative estimate of drug-likeness (QED) is 0.639. The maximum atomic E-state index is 11.4. The molecule has 0 spiro atoms. The van der Waals surface area contributed by atoms with E-state index in [2.05, 4.69) is 16.9 Å². The van der Waals surface area contributed by atoms with Crippen molar-refractivity contribution in [2.75, 3.05) is 38.6 Å². The summed E-state index contributed by atoms with van der Waals surface area (Å²) >= 11 is 1.42. The van der Waals surface area contributed by atoms with Gasteiger partial charge in [-0.3, -0.25) is 0 Å². The number of nitrogens with zero attached hydrogens (tertiary/aromatic N) is 5. The molecule has 3 rings (SSSR count). The smallest absolute Gasteiger partial charge is 0.358 e. The third kappa shape index (κ3) is 2.73. The molecule has 0 aliphatic carbocycles. The number of piperidine rings is 1. The first-order chi connectivity index (χ1) is 10.1. The van der Waals surface area contributed by atoms with Crippen molar-refractivity contribution in [1.82, 2.24) is 14.3 Å². The Morgan fingerprint density at radius 2 is 2.43 bits per heavy atom. The molecule has 114 valence electrons. The second-order valence-corrected chi connectivity index (χ2v) is 6.60. The zero-order chi connectivity index (χ0) is 15.0. The summed E-state index contributed by atoms with van der Waals surface area (Å²) < 4.78 is 1.56. The van der Waals surface area contributed by atoms with E-state index in [4.69, 9.17) is 0 Å². The van der Waals surface area contributed by atoms with Gasteiger partial charge >= 0.3 is 5.82 Å². The van der Waals surface area contributed by atoms with Gasteiger partial charge in [-0.15, -0.1) is 0 Å². The fraction of sp³-hybridized carbons (Fsp3) is 0.615. The van der Waals surface area contributed by atoms with E-state index in [9.17, 15) is 10.1 Å². The molecule has 1 fully saturated rings. The van der Waals surface area contributed by atoms with Crippen LogP contribution in [0.1, 0.15) is 12.8 Å². The van der Waals surface area contributed by atoms with Crippen LogP contribution in [0.4, 0.5) is 11.6 Å². The second kappa shape index (κ2) is 5.61. The summed E-state index contributed by atoms with van der Waals surface area (Å²) in [5, 5.41) is 13.2. The van der Waals surface area contributed by atoms with E-state index >= 15 is 0 Å². The van der Waals surface area contributed by atoms with Crippen LogP contribution in [0.25, 0.3) is 4.96 Å². The largest absolute Gasteiger partial charge is 0.373 e. The van der Waals surface area contributed by atoms with Crippen molar-refractivity contribution in [3.63, 3.8) is 0 Å². The Morgan fingerprint density at radius 1 is 1.62 bits per heavy atom. The number of anilines is 1. The highest BCUT2D eigenvalue weighted by atomic mass is 32.1. The molecular formula is C13H19N5O2S.